The third-order valence-electron chi connectivity index (χ3n) is 4.45. The van der Waals surface area contributed by atoms with Crippen LogP contribution >= 0.6 is 11.8 Å². The highest BCUT2D eigenvalue weighted by Gasteiger charge is 2.20. The van der Waals surface area contributed by atoms with Gasteiger partial charge in [0.25, 0.3) is 5.91 Å². The van der Waals surface area contributed by atoms with Gasteiger partial charge in [0.15, 0.2) is 0 Å². The highest BCUT2D eigenvalue weighted by atomic mass is 32.2. The van der Waals surface area contributed by atoms with Crippen molar-refractivity contribution in [2.75, 3.05) is 6.54 Å². The summed E-state index contributed by atoms with van der Waals surface area (Å²) in [5.41, 5.74) is 3.64. The summed E-state index contributed by atoms with van der Waals surface area (Å²) < 4.78 is 13.9. The van der Waals surface area contributed by atoms with Gasteiger partial charge < -0.3 is 5.32 Å². The Balaban J connectivity index is 1.85. The van der Waals surface area contributed by atoms with Crippen LogP contribution in [-0.2, 0) is 0 Å². The summed E-state index contributed by atoms with van der Waals surface area (Å²) in [6.07, 6.45) is 0.879. The van der Waals surface area contributed by atoms with Gasteiger partial charge in [0.2, 0.25) is 0 Å². The summed E-state index contributed by atoms with van der Waals surface area (Å²) in [5.74, 6) is -0.415. The van der Waals surface area contributed by atoms with Crippen molar-refractivity contribution in [2.24, 2.45) is 4.99 Å². The summed E-state index contributed by atoms with van der Waals surface area (Å²) in [7, 11) is 0. The van der Waals surface area contributed by atoms with Crippen LogP contribution in [0.5, 0.6) is 0 Å². The zero-order valence-corrected chi connectivity index (χ0v) is 16.2. The maximum absolute atomic E-state index is 13.9. The molecular weight excluding hydrogens is 371 g/mol. The normalized spacial score (nSPS) is 12.4. The van der Waals surface area contributed by atoms with E-state index in [0.717, 1.165) is 21.8 Å². The summed E-state index contributed by atoms with van der Waals surface area (Å²) in [6.45, 7) is 2.65. The zero-order valence-electron chi connectivity index (χ0n) is 15.4. The van der Waals surface area contributed by atoms with Crippen LogP contribution in [0, 0.1) is 5.82 Å². The second-order valence-electron chi connectivity index (χ2n) is 6.51. The molecule has 1 amide bonds. The molecule has 0 fully saturated rings. The van der Waals surface area contributed by atoms with Crippen molar-refractivity contribution in [1.29, 1.82) is 0 Å². The van der Waals surface area contributed by atoms with Gasteiger partial charge in [-0.1, -0.05) is 49.0 Å². The van der Waals surface area contributed by atoms with Gasteiger partial charge in [-0.05, 0) is 42.8 Å². The van der Waals surface area contributed by atoms with Crippen LogP contribution in [0.3, 0.4) is 0 Å². The molecule has 0 saturated carbocycles. The van der Waals surface area contributed by atoms with E-state index in [2.05, 4.69) is 5.32 Å². The topological polar surface area (TPSA) is 41.5 Å². The molecular formula is C23H19FN2OS. The molecule has 0 aromatic heterocycles. The van der Waals surface area contributed by atoms with Crippen molar-refractivity contribution in [2.45, 2.75) is 23.1 Å². The SMILES string of the molecule is CCCNC(=O)c1ccc2c(c1)N=C(c1cccc(F)c1)c1ccccc1S2. The molecule has 3 aromatic rings. The summed E-state index contributed by atoms with van der Waals surface area (Å²) >= 11 is 1.60. The predicted octanol–water partition coefficient (Wildman–Crippen LogP) is 5.60. The summed E-state index contributed by atoms with van der Waals surface area (Å²) in [5, 5.41) is 2.89. The van der Waals surface area contributed by atoms with Gasteiger partial charge in [0.05, 0.1) is 11.4 Å². The lowest BCUT2D eigenvalue weighted by Crippen LogP contribution is -2.23. The number of hydrogen-bond donors (Lipinski definition) is 1. The van der Waals surface area contributed by atoms with E-state index >= 15 is 0 Å². The van der Waals surface area contributed by atoms with E-state index in [1.54, 1.807) is 23.9 Å². The van der Waals surface area contributed by atoms with Crippen molar-refractivity contribution < 1.29 is 9.18 Å². The van der Waals surface area contributed by atoms with E-state index in [1.807, 2.05) is 49.4 Å². The van der Waals surface area contributed by atoms with Crippen LogP contribution in [0.15, 0.2) is 81.5 Å². The van der Waals surface area contributed by atoms with E-state index in [-0.39, 0.29) is 11.7 Å². The fourth-order valence-electron chi connectivity index (χ4n) is 3.08. The van der Waals surface area contributed by atoms with E-state index < -0.39 is 0 Å². The maximum atomic E-state index is 13.9. The Morgan fingerprint density at radius 1 is 1.04 bits per heavy atom. The Labute approximate surface area is 167 Å². The number of carbonyl (C=O) groups is 1. The van der Waals surface area contributed by atoms with Crippen molar-refractivity contribution in [3.8, 4) is 0 Å². The maximum Gasteiger partial charge on any atom is 0.251 e. The number of halogens is 1. The van der Waals surface area contributed by atoms with Crippen molar-refractivity contribution in [3.63, 3.8) is 0 Å². The average molecular weight is 390 g/mol. The molecule has 5 heteroatoms. The minimum absolute atomic E-state index is 0.112. The number of rotatable bonds is 4. The largest absolute Gasteiger partial charge is 0.352 e. The third kappa shape index (κ3) is 3.71. The van der Waals surface area contributed by atoms with Gasteiger partial charge in [-0.2, -0.15) is 0 Å². The third-order valence-corrected chi connectivity index (χ3v) is 5.59. The standard InChI is InChI=1S/C23H19FN2OS/c1-2-12-25-23(27)16-10-11-21-19(14-16)26-22(15-6-5-7-17(24)13-15)18-8-3-4-9-20(18)28-21/h3-11,13-14H,2,12H2,1H3,(H,25,27). The number of amides is 1. The number of hydrogen-bond acceptors (Lipinski definition) is 3. The second-order valence-corrected chi connectivity index (χ2v) is 7.59. The Hall–Kier alpha value is -2.92. The van der Waals surface area contributed by atoms with E-state index in [4.69, 9.17) is 4.99 Å². The second kappa shape index (κ2) is 7.98. The van der Waals surface area contributed by atoms with Crippen LogP contribution in [0.4, 0.5) is 10.1 Å². The van der Waals surface area contributed by atoms with Gasteiger partial charge in [-0.15, -0.1) is 0 Å². The number of aliphatic imine (C=N–C) groups is 1. The zero-order chi connectivity index (χ0) is 19.5. The van der Waals surface area contributed by atoms with Crippen molar-refractivity contribution >= 4 is 29.1 Å². The Morgan fingerprint density at radius 2 is 1.89 bits per heavy atom. The molecule has 0 bridgehead atoms. The highest BCUT2D eigenvalue weighted by molar-refractivity contribution is 7.99. The van der Waals surface area contributed by atoms with Crippen LogP contribution < -0.4 is 5.32 Å². The van der Waals surface area contributed by atoms with Crippen LogP contribution in [-0.4, -0.2) is 18.2 Å². The molecule has 0 radical (unpaired) electrons. The number of nitrogens with zero attached hydrogens (tertiary/aromatic N) is 1. The molecule has 0 unspecified atom stereocenters. The summed E-state index contributed by atoms with van der Waals surface area (Å²) in [4.78, 5) is 19.3. The molecule has 0 spiro atoms. The molecule has 4 rings (SSSR count). The monoisotopic (exact) mass is 390 g/mol. The fraction of sp³-hybridized carbons (Fsp3) is 0.130. The lowest BCUT2D eigenvalue weighted by Gasteiger charge is -2.09. The van der Waals surface area contributed by atoms with E-state index in [9.17, 15) is 9.18 Å². The molecule has 0 atom stereocenters. The lowest BCUT2D eigenvalue weighted by molar-refractivity contribution is 0.0953. The smallest absolute Gasteiger partial charge is 0.251 e. The van der Waals surface area contributed by atoms with Gasteiger partial charge >= 0.3 is 0 Å². The molecule has 1 N–H and O–H groups in total. The first-order chi connectivity index (χ1) is 13.7. The lowest BCUT2D eigenvalue weighted by atomic mass is 10.0. The molecule has 0 saturated heterocycles. The van der Waals surface area contributed by atoms with Crippen LogP contribution in [0.25, 0.3) is 0 Å². The first kappa shape index (κ1) is 18.4. The van der Waals surface area contributed by atoms with Crippen LogP contribution in [0.2, 0.25) is 0 Å². The van der Waals surface area contributed by atoms with Crippen LogP contribution in [0.1, 0.15) is 34.8 Å². The van der Waals surface area contributed by atoms with Crippen molar-refractivity contribution in [1.82, 2.24) is 5.32 Å². The molecule has 1 aliphatic rings. The van der Waals surface area contributed by atoms with E-state index in [1.165, 1.54) is 12.1 Å². The number of carbonyl (C=O) groups excluding carboxylic acids is 1. The number of benzene rings is 3. The molecule has 3 nitrogen and oxygen atoms in total. The van der Waals surface area contributed by atoms with Gasteiger partial charge in [0.1, 0.15) is 5.82 Å². The van der Waals surface area contributed by atoms with E-state index in [0.29, 0.717) is 29.1 Å². The van der Waals surface area contributed by atoms with Crippen molar-refractivity contribution in [3.05, 3.63) is 89.2 Å². The van der Waals surface area contributed by atoms with Gasteiger partial charge in [0, 0.05) is 33.0 Å². The molecule has 140 valence electrons. The molecule has 1 heterocycles. The Kier molecular flexibility index (Phi) is 5.26. The first-order valence-electron chi connectivity index (χ1n) is 9.20. The number of nitrogens with one attached hydrogen (secondary N) is 1. The van der Waals surface area contributed by atoms with Gasteiger partial charge in [-0.3, -0.25) is 4.79 Å². The molecule has 3 aromatic carbocycles. The predicted molar refractivity (Wildman–Crippen MR) is 111 cm³/mol. The minimum atomic E-state index is -0.303. The highest BCUT2D eigenvalue weighted by Crippen LogP contribution is 2.41. The molecule has 0 aliphatic carbocycles. The average Bonchev–Trinajstić information content (AvgIpc) is 2.88. The van der Waals surface area contributed by atoms with Gasteiger partial charge in [-0.25, -0.2) is 9.38 Å². The minimum Gasteiger partial charge on any atom is -0.352 e. The Morgan fingerprint density at radius 3 is 2.71 bits per heavy atom. The first-order valence-corrected chi connectivity index (χ1v) is 10.0. The molecule has 1 aliphatic heterocycles. The Bertz CT molecular complexity index is 1080. The molecule has 28 heavy (non-hydrogen) atoms. The number of fused-ring (bicyclic) bond motifs is 2. The summed E-state index contributed by atoms with van der Waals surface area (Å²) in [6, 6.07) is 20.0. The quantitative estimate of drug-likeness (QED) is 0.493. The fourth-order valence-corrected chi connectivity index (χ4v) is 4.08.